The van der Waals surface area contributed by atoms with E-state index in [2.05, 4.69) is 5.32 Å². The number of carbonyl (C=O) groups excluding carboxylic acids is 2. The molecule has 2 amide bonds. The highest BCUT2D eigenvalue weighted by Gasteiger charge is 2.20. The summed E-state index contributed by atoms with van der Waals surface area (Å²) in [7, 11) is 1.50. The van der Waals surface area contributed by atoms with E-state index in [1.165, 1.54) is 36.3 Å². The lowest BCUT2D eigenvalue weighted by atomic mass is 10.2. The summed E-state index contributed by atoms with van der Waals surface area (Å²) in [4.78, 5) is 25.2. The lowest BCUT2D eigenvalue weighted by Gasteiger charge is -2.16. The molecule has 2 rings (SSSR count). The molecule has 0 aliphatic carbocycles. The minimum absolute atomic E-state index is 0.0540. The summed E-state index contributed by atoms with van der Waals surface area (Å²) >= 11 is 1.49. The largest absolute Gasteiger partial charge is 0.333 e. The summed E-state index contributed by atoms with van der Waals surface area (Å²) in [6.45, 7) is 1.63. The Morgan fingerprint density at radius 3 is 2.64 bits per heavy atom. The zero-order valence-corrected chi connectivity index (χ0v) is 12.8. The number of benzene rings is 1. The van der Waals surface area contributed by atoms with Crippen LogP contribution in [0.2, 0.25) is 0 Å². The minimum atomic E-state index is -1.04. The lowest BCUT2D eigenvalue weighted by molar-refractivity contribution is -0.142. The van der Waals surface area contributed by atoms with Crippen LogP contribution in [-0.4, -0.2) is 23.8 Å². The smallest absolute Gasteiger partial charge is 0.313 e. The van der Waals surface area contributed by atoms with Crippen molar-refractivity contribution in [2.75, 3.05) is 12.4 Å². The van der Waals surface area contributed by atoms with Crippen LogP contribution in [-0.2, 0) is 16.1 Å². The normalized spacial score (nSPS) is 10.4. The van der Waals surface area contributed by atoms with E-state index < -0.39 is 23.4 Å². The fourth-order valence-corrected chi connectivity index (χ4v) is 2.52. The number of rotatable bonds is 3. The summed E-state index contributed by atoms with van der Waals surface area (Å²) in [5.74, 6) is -3.70. The molecule has 116 valence electrons. The molecule has 0 aliphatic heterocycles. The van der Waals surface area contributed by atoms with Gasteiger partial charge in [-0.2, -0.15) is 11.3 Å². The number of hydrogen-bond donors (Lipinski definition) is 1. The second kappa shape index (κ2) is 6.65. The Morgan fingerprint density at radius 1 is 1.27 bits per heavy atom. The Bertz CT molecular complexity index is 702. The van der Waals surface area contributed by atoms with Crippen molar-refractivity contribution in [2.24, 2.45) is 0 Å². The highest BCUT2D eigenvalue weighted by Crippen LogP contribution is 2.20. The number of likely N-dealkylation sites (N-methyl/N-ethyl adjacent to an activating group) is 1. The molecule has 1 aromatic heterocycles. The monoisotopic (exact) mass is 324 g/mol. The SMILES string of the molecule is Cc1c(NC(=O)C(=O)N(C)Cc2ccsc2)ccc(F)c1F. The van der Waals surface area contributed by atoms with Gasteiger partial charge in [-0.25, -0.2) is 8.78 Å². The van der Waals surface area contributed by atoms with E-state index in [-0.39, 0.29) is 11.3 Å². The van der Waals surface area contributed by atoms with Crippen LogP contribution in [0.5, 0.6) is 0 Å². The molecule has 0 atom stereocenters. The van der Waals surface area contributed by atoms with Gasteiger partial charge in [-0.1, -0.05) is 0 Å². The maximum atomic E-state index is 13.4. The molecule has 1 N–H and O–H groups in total. The fourth-order valence-electron chi connectivity index (χ4n) is 1.86. The van der Waals surface area contributed by atoms with Crippen LogP contribution in [0, 0.1) is 18.6 Å². The molecule has 2 aromatic rings. The van der Waals surface area contributed by atoms with Gasteiger partial charge < -0.3 is 10.2 Å². The zero-order chi connectivity index (χ0) is 16.3. The van der Waals surface area contributed by atoms with Crippen LogP contribution in [0.4, 0.5) is 14.5 Å². The maximum Gasteiger partial charge on any atom is 0.313 e. The van der Waals surface area contributed by atoms with Crippen LogP contribution in [0.15, 0.2) is 29.0 Å². The fraction of sp³-hybridized carbons (Fsp3) is 0.200. The molecule has 0 spiro atoms. The first-order valence-corrected chi connectivity index (χ1v) is 7.36. The van der Waals surface area contributed by atoms with E-state index in [9.17, 15) is 18.4 Å². The van der Waals surface area contributed by atoms with Gasteiger partial charge in [-0.15, -0.1) is 0 Å². The molecular weight excluding hydrogens is 310 g/mol. The van der Waals surface area contributed by atoms with Crippen molar-refractivity contribution in [2.45, 2.75) is 13.5 Å². The van der Waals surface area contributed by atoms with Crippen LogP contribution >= 0.6 is 11.3 Å². The number of nitrogens with zero attached hydrogens (tertiary/aromatic N) is 1. The van der Waals surface area contributed by atoms with Crippen molar-refractivity contribution in [3.63, 3.8) is 0 Å². The summed E-state index contributed by atoms with van der Waals surface area (Å²) < 4.78 is 26.5. The van der Waals surface area contributed by atoms with Crippen LogP contribution in [0.25, 0.3) is 0 Å². The molecule has 0 saturated heterocycles. The summed E-state index contributed by atoms with van der Waals surface area (Å²) in [6, 6.07) is 3.97. The standard InChI is InChI=1S/C15H14F2N2O2S/c1-9-12(4-3-11(16)13(9)17)18-14(20)15(21)19(2)7-10-5-6-22-8-10/h3-6,8H,7H2,1-2H3,(H,18,20). The quantitative estimate of drug-likeness (QED) is 0.883. The number of carbonyl (C=O) groups is 2. The molecule has 22 heavy (non-hydrogen) atoms. The second-order valence-electron chi connectivity index (χ2n) is 4.78. The summed E-state index contributed by atoms with van der Waals surface area (Å²) in [6.07, 6.45) is 0. The molecule has 0 fully saturated rings. The summed E-state index contributed by atoms with van der Waals surface area (Å²) in [5, 5.41) is 6.05. The Labute approximate surface area is 130 Å². The Balaban J connectivity index is 2.05. The molecule has 0 radical (unpaired) electrons. The Hall–Kier alpha value is -2.28. The number of hydrogen-bond acceptors (Lipinski definition) is 3. The molecule has 1 heterocycles. The van der Waals surface area contributed by atoms with Gasteiger partial charge in [0.05, 0.1) is 0 Å². The molecule has 0 unspecified atom stereocenters. The maximum absolute atomic E-state index is 13.4. The topological polar surface area (TPSA) is 49.4 Å². The summed E-state index contributed by atoms with van der Waals surface area (Å²) in [5.41, 5.74) is 0.931. The number of anilines is 1. The van der Waals surface area contributed by atoms with Crippen molar-refractivity contribution in [3.8, 4) is 0 Å². The van der Waals surface area contributed by atoms with Crippen LogP contribution < -0.4 is 5.32 Å². The predicted molar refractivity (Wildman–Crippen MR) is 80.5 cm³/mol. The molecule has 0 saturated carbocycles. The van der Waals surface area contributed by atoms with Gasteiger partial charge in [0.2, 0.25) is 0 Å². The van der Waals surface area contributed by atoms with E-state index in [4.69, 9.17) is 0 Å². The van der Waals surface area contributed by atoms with Gasteiger partial charge in [0.15, 0.2) is 11.6 Å². The Morgan fingerprint density at radius 2 is 2.00 bits per heavy atom. The van der Waals surface area contributed by atoms with E-state index >= 15 is 0 Å². The van der Waals surface area contributed by atoms with Crippen molar-refractivity contribution < 1.29 is 18.4 Å². The second-order valence-corrected chi connectivity index (χ2v) is 5.56. The van der Waals surface area contributed by atoms with E-state index in [1.807, 2.05) is 16.8 Å². The first kappa shape index (κ1) is 16.1. The zero-order valence-electron chi connectivity index (χ0n) is 12.0. The average Bonchev–Trinajstić information content (AvgIpc) is 2.99. The average molecular weight is 324 g/mol. The van der Waals surface area contributed by atoms with Gasteiger partial charge in [0, 0.05) is 24.8 Å². The molecule has 0 aliphatic rings. The molecular formula is C15H14F2N2O2S. The first-order chi connectivity index (χ1) is 10.4. The highest BCUT2D eigenvalue weighted by atomic mass is 32.1. The number of nitrogens with one attached hydrogen (secondary N) is 1. The lowest BCUT2D eigenvalue weighted by Crippen LogP contribution is -2.36. The Kier molecular flexibility index (Phi) is 4.87. The van der Waals surface area contributed by atoms with Crippen LogP contribution in [0.1, 0.15) is 11.1 Å². The van der Waals surface area contributed by atoms with Crippen molar-refractivity contribution in [1.82, 2.24) is 4.90 Å². The van der Waals surface area contributed by atoms with Crippen molar-refractivity contribution in [3.05, 3.63) is 51.7 Å². The third-order valence-electron chi connectivity index (χ3n) is 3.13. The predicted octanol–water partition coefficient (Wildman–Crippen LogP) is 2.93. The van der Waals surface area contributed by atoms with Gasteiger partial charge in [-0.3, -0.25) is 9.59 Å². The van der Waals surface area contributed by atoms with Crippen molar-refractivity contribution in [1.29, 1.82) is 0 Å². The van der Waals surface area contributed by atoms with Crippen LogP contribution in [0.3, 0.4) is 0 Å². The van der Waals surface area contributed by atoms with Gasteiger partial charge >= 0.3 is 11.8 Å². The van der Waals surface area contributed by atoms with E-state index in [0.717, 1.165) is 11.6 Å². The number of thiophene rings is 1. The molecule has 0 bridgehead atoms. The van der Waals surface area contributed by atoms with E-state index in [0.29, 0.717) is 6.54 Å². The molecule has 1 aromatic carbocycles. The molecule has 7 heteroatoms. The first-order valence-electron chi connectivity index (χ1n) is 6.42. The third kappa shape index (κ3) is 3.48. The van der Waals surface area contributed by atoms with Gasteiger partial charge in [0.25, 0.3) is 0 Å². The van der Waals surface area contributed by atoms with Gasteiger partial charge in [0.1, 0.15) is 0 Å². The number of halogens is 2. The molecule has 4 nitrogen and oxygen atoms in total. The van der Waals surface area contributed by atoms with E-state index in [1.54, 1.807) is 0 Å². The third-order valence-corrected chi connectivity index (χ3v) is 3.86. The minimum Gasteiger partial charge on any atom is -0.333 e. The number of amides is 2. The van der Waals surface area contributed by atoms with Crippen molar-refractivity contribution >= 4 is 28.8 Å². The highest BCUT2D eigenvalue weighted by molar-refractivity contribution is 7.07. The van der Waals surface area contributed by atoms with Gasteiger partial charge in [-0.05, 0) is 41.4 Å².